The second-order valence-corrected chi connectivity index (χ2v) is 12.6. The number of benzene rings is 2. The van der Waals surface area contributed by atoms with Gasteiger partial charge in [0.25, 0.3) is 0 Å². The van der Waals surface area contributed by atoms with Gasteiger partial charge in [0.1, 0.15) is 5.75 Å². The summed E-state index contributed by atoms with van der Waals surface area (Å²) >= 11 is 0. The maximum Gasteiger partial charge on any atom is 0.119 e. The minimum absolute atomic E-state index is 0.659. The molecular formula is C36H54O. The van der Waals surface area contributed by atoms with E-state index in [9.17, 15) is 0 Å². The third kappa shape index (κ3) is 7.21. The van der Waals surface area contributed by atoms with Gasteiger partial charge in [-0.25, -0.2) is 0 Å². The van der Waals surface area contributed by atoms with Crippen molar-refractivity contribution >= 4 is 0 Å². The molecule has 2 aromatic rings. The average Bonchev–Trinajstić information content (AvgIpc) is 2.94. The van der Waals surface area contributed by atoms with Gasteiger partial charge in [-0.3, -0.25) is 0 Å². The zero-order valence-corrected chi connectivity index (χ0v) is 24.5. The molecule has 0 saturated heterocycles. The van der Waals surface area contributed by atoms with E-state index >= 15 is 0 Å². The first kappa shape index (κ1) is 28.3. The molecule has 0 aliphatic heterocycles. The predicted octanol–water partition coefficient (Wildman–Crippen LogP) is 11.3. The lowest BCUT2D eigenvalue weighted by Gasteiger charge is -2.47. The fourth-order valence-corrected chi connectivity index (χ4v) is 7.77. The van der Waals surface area contributed by atoms with E-state index in [4.69, 9.17) is 4.74 Å². The van der Waals surface area contributed by atoms with Gasteiger partial charge in [0, 0.05) is 0 Å². The highest BCUT2D eigenvalue weighted by molar-refractivity contribution is 5.65. The average molecular weight is 503 g/mol. The lowest BCUT2D eigenvalue weighted by Crippen LogP contribution is -2.36. The van der Waals surface area contributed by atoms with Crippen molar-refractivity contribution in [3.05, 3.63) is 53.6 Å². The highest BCUT2D eigenvalue weighted by Crippen LogP contribution is 2.53. The standard InChI is InChI=1S/C36H54O/c1-5-7-10-23-36(24-11-9-12-25-36)33-18-13-30(14-19-33)29(4)35-22-17-32(27-28(35)3)31-15-20-34(21-16-31)37-26-8-6-2/h15-17,20-22,27,29-30,33H,5-14,18-19,23-26H2,1-4H3. The molecule has 1 nitrogen and oxygen atoms in total. The van der Waals surface area contributed by atoms with Crippen LogP contribution in [0.3, 0.4) is 0 Å². The van der Waals surface area contributed by atoms with Crippen LogP contribution in [0.25, 0.3) is 11.1 Å². The third-order valence-electron chi connectivity index (χ3n) is 10.2. The molecule has 1 atom stereocenters. The molecule has 2 aliphatic rings. The van der Waals surface area contributed by atoms with Gasteiger partial charge in [0.05, 0.1) is 6.61 Å². The summed E-state index contributed by atoms with van der Waals surface area (Å²) in [5, 5.41) is 0. The number of ether oxygens (including phenoxy) is 1. The summed E-state index contributed by atoms with van der Waals surface area (Å²) in [5.74, 6) is 3.48. The second kappa shape index (κ2) is 13.9. The summed E-state index contributed by atoms with van der Waals surface area (Å²) in [6, 6.07) is 15.9. The van der Waals surface area contributed by atoms with E-state index < -0.39 is 0 Å². The van der Waals surface area contributed by atoms with E-state index in [0.29, 0.717) is 11.3 Å². The van der Waals surface area contributed by atoms with Gasteiger partial charge in [-0.15, -0.1) is 0 Å². The van der Waals surface area contributed by atoms with Crippen LogP contribution in [0.5, 0.6) is 5.75 Å². The molecule has 0 spiro atoms. The maximum absolute atomic E-state index is 5.86. The molecule has 4 rings (SSSR count). The van der Waals surface area contributed by atoms with Crippen molar-refractivity contribution in [3.8, 4) is 16.9 Å². The molecule has 204 valence electrons. The Labute approximate surface area is 228 Å². The van der Waals surface area contributed by atoms with Gasteiger partial charge in [0.15, 0.2) is 0 Å². The van der Waals surface area contributed by atoms with Gasteiger partial charge in [-0.05, 0) is 116 Å². The lowest BCUT2D eigenvalue weighted by atomic mass is 9.58. The number of hydrogen-bond acceptors (Lipinski definition) is 1. The topological polar surface area (TPSA) is 9.23 Å². The molecule has 1 unspecified atom stereocenters. The van der Waals surface area contributed by atoms with Gasteiger partial charge in [-0.1, -0.05) is 96.0 Å². The first-order valence-corrected chi connectivity index (χ1v) is 15.9. The van der Waals surface area contributed by atoms with Crippen molar-refractivity contribution in [1.82, 2.24) is 0 Å². The summed E-state index contributed by atoms with van der Waals surface area (Å²) in [5.41, 5.74) is 6.33. The highest BCUT2D eigenvalue weighted by atomic mass is 16.5. The van der Waals surface area contributed by atoms with E-state index in [1.165, 1.54) is 107 Å². The summed E-state index contributed by atoms with van der Waals surface area (Å²) in [4.78, 5) is 0. The van der Waals surface area contributed by atoms with Crippen LogP contribution >= 0.6 is 0 Å². The van der Waals surface area contributed by atoms with Crippen LogP contribution in [-0.4, -0.2) is 6.61 Å². The van der Waals surface area contributed by atoms with E-state index in [-0.39, 0.29) is 0 Å². The zero-order chi connectivity index (χ0) is 26.1. The summed E-state index contributed by atoms with van der Waals surface area (Å²) < 4.78 is 5.86. The Balaban J connectivity index is 1.36. The van der Waals surface area contributed by atoms with Crippen LogP contribution in [0, 0.1) is 24.2 Å². The second-order valence-electron chi connectivity index (χ2n) is 12.6. The minimum Gasteiger partial charge on any atom is -0.494 e. The smallest absolute Gasteiger partial charge is 0.119 e. The van der Waals surface area contributed by atoms with Crippen LogP contribution in [-0.2, 0) is 0 Å². The van der Waals surface area contributed by atoms with Crippen molar-refractivity contribution in [2.24, 2.45) is 17.3 Å². The Morgan fingerprint density at radius 1 is 0.811 bits per heavy atom. The molecule has 0 bridgehead atoms. The van der Waals surface area contributed by atoms with Crippen molar-refractivity contribution in [2.45, 2.75) is 130 Å². The van der Waals surface area contributed by atoms with Crippen LogP contribution in [0.2, 0.25) is 0 Å². The molecule has 37 heavy (non-hydrogen) atoms. The van der Waals surface area contributed by atoms with Crippen LogP contribution < -0.4 is 4.74 Å². The monoisotopic (exact) mass is 502 g/mol. The van der Waals surface area contributed by atoms with Crippen molar-refractivity contribution in [1.29, 1.82) is 0 Å². The SMILES string of the molecule is CCCCCC1(C2CCC(C(C)c3ccc(-c4ccc(OCCCC)cc4)cc3C)CC2)CCCCC1. The molecule has 2 aromatic carbocycles. The Kier molecular flexibility index (Phi) is 10.6. The summed E-state index contributed by atoms with van der Waals surface area (Å²) in [7, 11) is 0. The number of hydrogen-bond donors (Lipinski definition) is 0. The lowest BCUT2D eigenvalue weighted by molar-refractivity contribution is 0.0409. The molecule has 2 saturated carbocycles. The van der Waals surface area contributed by atoms with E-state index in [1.54, 1.807) is 5.56 Å². The first-order valence-electron chi connectivity index (χ1n) is 15.9. The normalized spacial score (nSPS) is 22.5. The number of rotatable bonds is 12. The maximum atomic E-state index is 5.86. The number of aryl methyl sites for hydroxylation is 1. The molecular weight excluding hydrogens is 448 g/mol. The van der Waals surface area contributed by atoms with Crippen LogP contribution in [0.15, 0.2) is 42.5 Å². The summed E-state index contributed by atoms with van der Waals surface area (Å²) in [6.45, 7) is 10.2. The highest BCUT2D eigenvalue weighted by Gasteiger charge is 2.41. The molecule has 0 radical (unpaired) electrons. The van der Waals surface area contributed by atoms with Crippen molar-refractivity contribution < 1.29 is 4.74 Å². The Morgan fingerprint density at radius 2 is 1.49 bits per heavy atom. The molecule has 1 heteroatoms. The fraction of sp³-hybridized carbons (Fsp3) is 0.667. The summed E-state index contributed by atoms with van der Waals surface area (Å²) in [6.07, 6.45) is 21.4. The number of unbranched alkanes of at least 4 members (excludes halogenated alkanes) is 3. The van der Waals surface area contributed by atoms with E-state index in [2.05, 4.69) is 70.2 Å². The van der Waals surface area contributed by atoms with E-state index in [1.807, 2.05) is 0 Å². The van der Waals surface area contributed by atoms with Crippen LogP contribution in [0.4, 0.5) is 0 Å². The minimum atomic E-state index is 0.659. The Hall–Kier alpha value is -1.76. The molecule has 0 heterocycles. The van der Waals surface area contributed by atoms with Gasteiger partial charge in [-0.2, -0.15) is 0 Å². The quantitative estimate of drug-likeness (QED) is 0.262. The third-order valence-corrected chi connectivity index (χ3v) is 10.2. The molecule has 2 aliphatic carbocycles. The van der Waals surface area contributed by atoms with Crippen LogP contribution in [0.1, 0.15) is 134 Å². The zero-order valence-electron chi connectivity index (χ0n) is 24.5. The first-order chi connectivity index (χ1) is 18.1. The van der Waals surface area contributed by atoms with Gasteiger partial charge < -0.3 is 4.74 Å². The molecule has 2 fully saturated rings. The van der Waals surface area contributed by atoms with Crippen molar-refractivity contribution in [2.75, 3.05) is 6.61 Å². The van der Waals surface area contributed by atoms with Gasteiger partial charge in [0.2, 0.25) is 0 Å². The van der Waals surface area contributed by atoms with Crippen molar-refractivity contribution in [3.63, 3.8) is 0 Å². The Morgan fingerprint density at radius 3 is 2.14 bits per heavy atom. The predicted molar refractivity (Wildman–Crippen MR) is 161 cm³/mol. The fourth-order valence-electron chi connectivity index (χ4n) is 7.77. The van der Waals surface area contributed by atoms with Gasteiger partial charge >= 0.3 is 0 Å². The Bertz CT molecular complexity index is 928. The molecule has 0 aromatic heterocycles. The van der Waals surface area contributed by atoms with E-state index in [0.717, 1.165) is 30.6 Å². The molecule has 0 amide bonds. The molecule has 0 N–H and O–H groups in total. The largest absolute Gasteiger partial charge is 0.494 e.